The van der Waals surface area contributed by atoms with Gasteiger partial charge in [-0.05, 0) is 43.7 Å². The fraction of sp³-hybridized carbons (Fsp3) is 0.316. The average molecular weight is 313 g/mol. The number of methoxy groups -OCH3 is 1. The summed E-state index contributed by atoms with van der Waals surface area (Å²) in [6.07, 6.45) is 0.908. The molecule has 0 spiro atoms. The van der Waals surface area contributed by atoms with Gasteiger partial charge in [-0.25, -0.2) is 0 Å². The molecule has 0 saturated heterocycles. The molecular formula is C19H23NO3. The summed E-state index contributed by atoms with van der Waals surface area (Å²) >= 11 is 0. The van der Waals surface area contributed by atoms with E-state index in [1.54, 1.807) is 19.2 Å². The van der Waals surface area contributed by atoms with E-state index in [4.69, 9.17) is 9.47 Å². The predicted octanol–water partition coefficient (Wildman–Crippen LogP) is 3.72. The molecular weight excluding hydrogens is 290 g/mol. The van der Waals surface area contributed by atoms with Crippen LogP contribution in [0.5, 0.6) is 11.5 Å². The summed E-state index contributed by atoms with van der Waals surface area (Å²) in [6.45, 7) is 5.07. The number of rotatable bonds is 7. The molecule has 0 heterocycles. The third kappa shape index (κ3) is 4.74. The van der Waals surface area contributed by atoms with Crippen molar-refractivity contribution in [2.45, 2.75) is 26.9 Å². The second-order valence-corrected chi connectivity index (χ2v) is 5.38. The zero-order valence-corrected chi connectivity index (χ0v) is 13.9. The maximum atomic E-state index is 12.1. The Morgan fingerprint density at radius 3 is 2.52 bits per heavy atom. The molecule has 0 saturated carbocycles. The summed E-state index contributed by atoms with van der Waals surface area (Å²) in [7, 11) is 1.61. The number of hydrogen-bond acceptors (Lipinski definition) is 3. The van der Waals surface area contributed by atoms with Crippen molar-refractivity contribution >= 4 is 5.91 Å². The molecule has 0 fully saturated rings. The summed E-state index contributed by atoms with van der Waals surface area (Å²) in [5.41, 5.74) is 2.64. The number of aryl methyl sites for hydroxylation is 1. The lowest BCUT2D eigenvalue weighted by Crippen LogP contribution is -2.24. The maximum Gasteiger partial charge on any atom is 0.251 e. The van der Waals surface area contributed by atoms with E-state index in [1.165, 1.54) is 5.56 Å². The predicted molar refractivity (Wildman–Crippen MR) is 91.1 cm³/mol. The molecule has 122 valence electrons. The molecule has 0 aliphatic rings. The first kappa shape index (κ1) is 16.9. The van der Waals surface area contributed by atoms with E-state index >= 15 is 0 Å². The summed E-state index contributed by atoms with van der Waals surface area (Å²) < 4.78 is 11.2. The SMILES string of the molecule is CCCNC(=O)c1ccc(OC)c(COc2ccc(C)cc2)c1. The summed E-state index contributed by atoms with van der Waals surface area (Å²) in [4.78, 5) is 12.1. The standard InChI is InChI=1S/C19H23NO3/c1-4-11-20-19(21)15-7-10-18(22-3)16(12-15)13-23-17-8-5-14(2)6-9-17/h5-10,12H,4,11,13H2,1-3H3,(H,20,21). The largest absolute Gasteiger partial charge is 0.496 e. The van der Waals surface area contributed by atoms with Gasteiger partial charge in [-0.2, -0.15) is 0 Å². The van der Waals surface area contributed by atoms with E-state index < -0.39 is 0 Å². The second kappa shape index (κ2) is 8.22. The van der Waals surface area contributed by atoms with Crippen molar-refractivity contribution in [1.29, 1.82) is 0 Å². The molecule has 0 atom stereocenters. The molecule has 2 aromatic carbocycles. The topological polar surface area (TPSA) is 47.6 Å². The highest BCUT2D eigenvalue weighted by Gasteiger charge is 2.10. The summed E-state index contributed by atoms with van der Waals surface area (Å²) in [6, 6.07) is 13.2. The van der Waals surface area contributed by atoms with Crippen LogP contribution in [0.25, 0.3) is 0 Å². The van der Waals surface area contributed by atoms with Gasteiger partial charge in [-0.1, -0.05) is 24.6 Å². The molecule has 0 bridgehead atoms. The number of nitrogens with one attached hydrogen (secondary N) is 1. The Balaban J connectivity index is 2.12. The average Bonchev–Trinajstić information content (AvgIpc) is 2.58. The Labute approximate surface area is 137 Å². The van der Waals surface area contributed by atoms with Crippen LogP contribution in [0.1, 0.15) is 34.8 Å². The van der Waals surface area contributed by atoms with Crippen molar-refractivity contribution < 1.29 is 14.3 Å². The van der Waals surface area contributed by atoms with E-state index in [2.05, 4.69) is 5.32 Å². The monoisotopic (exact) mass is 313 g/mol. The smallest absolute Gasteiger partial charge is 0.251 e. The van der Waals surface area contributed by atoms with Gasteiger partial charge in [-0.15, -0.1) is 0 Å². The van der Waals surface area contributed by atoms with Gasteiger partial charge in [0.15, 0.2) is 0 Å². The molecule has 0 radical (unpaired) electrons. The normalized spacial score (nSPS) is 10.2. The van der Waals surface area contributed by atoms with Gasteiger partial charge in [0.25, 0.3) is 5.91 Å². The highest BCUT2D eigenvalue weighted by molar-refractivity contribution is 5.94. The Kier molecular flexibility index (Phi) is 6.03. The van der Waals surface area contributed by atoms with Gasteiger partial charge in [0, 0.05) is 17.7 Å². The van der Waals surface area contributed by atoms with Crippen molar-refractivity contribution in [3.63, 3.8) is 0 Å². The zero-order valence-electron chi connectivity index (χ0n) is 13.9. The lowest BCUT2D eigenvalue weighted by Gasteiger charge is -2.12. The maximum absolute atomic E-state index is 12.1. The molecule has 0 unspecified atom stereocenters. The van der Waals surface area contributed by atoms with Crippen LogP contribution in [-0.2, 0) is 6.61 Å². The van der Waals surface area contributed by atoms with Crippen LogP contribution in [0.15, 0.2) is 42.5 Å². The van der Waals surface area contributed by atoms with E-state index in [0.29, 0.717) is 24.5 Å². The number of carbonyl (C=O) groups is 1. The first-order valence-corrected chi connectivity index (χ1v) is 7.78. The summed E-state index contributed by atoms with van der Waals surface area (Å²) in [5.74, 6) is 1.42. The lowest BCUT2D eigenvalue weighted by atomic mass is 10.1. The van der Waals surface area contributed by atoms with Gasteiger partial charge in [0.05, 0.1) is 7.11 Å². The minimum atomic E-state index is -0.0777. The summed E-state index contributed by atoms with van der Waals surface area (Å²) in [5, 5.41) is 2.87. The minimum absolute atomic E-state index is 0.0777. The lowest BCUT2D eigenvalue weighted by molar-refractivity contribution is 0.0953. The number of carbonyl (C=O) groups excluding carboxylic acids is 1. The van der Waals surface area contributed by atoms with E-state index in [0.717, 1.165) is 17.7 Å². The van der Waals surface area contributed by atoms with E-state index in [9.17, 15) is 4.79 Å². The van der Waals surface area contributed by atoms with E-state index in [-0.39, 0.29) is 5.91 Å². The van der Waals surface area contributed by atoms with Crippen molar-refractivity contribution in [2.75, 3.05) is 13.7 Å². The third-order valence-electron chi connectivity index (χ3n) is 3.49. The molecule has 2 aromatic rings. The van der Waals surface area contributed by atoms with Crippen LogP contribution >= 0.6 is 0 Å². The molecule has 1 N–H and O–H groups in total. The third-order valence-corrected chi connectivity index (χ3v) is 3.49. The highest BCUT2D eigenvalue weighted by Crippen LogP contribution is 2.22. The molecule has 4 heteroatoms. The molecule has 1 amide bonds. The van der Waals surface area contributed by atoms with Gasteiger partial charge in [0.1, 0.15) is 18.1 Å². The molecule has 4 nitrogen and oxygen atoms in total. The highest BCUT2D eigenvalue weighted by atomic mass is 16.5. The van der Waals surface area contributed by atoms with Gasteiger partial charge in [-0.3, -0.25) is 4.79 Å². The van der Waals surface area contributed by atoms with Crippen molar-refractivity contribution in [2.24, 2.45) is 0 Å². The van der Waals surface area contributed by atoms with Gasteiger partial charge in [0.2, 0.25) is 0 Å². The molecule has 0 aliphatic carbocycles. The second-order valence-electron chi connectivity index (χ2n) is 5.38. The van der Waals surface area contributed by atoms with Crippen LogP contribution < -0.4 is 14.8 Å². The molecule has 0 aliphatic heterocycles. The van der Waals surface area contributed by atoms with Crippen molar-refractivity contribution in [1.82, 2.24) is 5.32 Å². The number of benzene rings is 2. The molecule has 0 aromatic heterocycles. The first-order valence-electron chi connectivity index (χ1n) is 7.78. The van der Waals surface area contributed by atoms with Crippen LogP contribution in [0.2, 0.25) is 0 Å². The van der Waals surface area contributed by atoms with Gasteiger partial charge < -0.3 is 14.8 Å². The number of ether oxygens (including phenoxy) is 2. The quantitative estimate of drug-likeness (QED) is 0.847. The van der Waals surface area contributed by atoms with E-state index in [1.807, 2.05) is 44.2 Å². The molecule has 2 rings (SSSR count). The Hall–Kier alpha value is -2.49. The van der Waals surface area contributed by atoms with Crippen LogP contribution in [0.3, 0.4) is 0 Å². The van der Waals surface area contributed by atoms with Crippen molar-refractivity contribution in [3.05, 3.63) is 59.2 Å². The van der Waals surface area contributed by atoms with Gasteiger partial charge >= 0.3 is 0 Å². The molecule has 23 heavy (non-hydrogen) atoms. The Bertz CT molecular complexity index is 650. The van der Waals surface area contributed by atoms with Crippen molar-refractivity contribution in [3.8, 4) is 11.5 Å². The number of hydrogen-bond donors (Lipinski definition) is 1. The van der Waals surface area contributed by atoms with Crippen LogP contribution in [0, 0.1) is 6.92 Å². The first-order chi connectivity index (χ1) is 11.1. The fourth-order valence-electron chi connectivity index (χ4n) is 2.17. The number of amides is 1. The Morgan fingerprint density at radius 1 is 1.13 bits per heavy atom. The van der Waals surface area contributed by atoms with Crippen LogP contribution in [-0.4, -0.2) is 19.6 Å². The minimum Gasteiger partial charge on any atom is -0.496 e. The zero-order chi connectivity index (χ0) is 16.7. The van der Waals surface area contributed by atoms with Crippen LogP contribution in [0.4, 0.5) is 0 Å². The Morgan fingerprint density at radius 2 is 1.87 bits per heavy atom. The fourth-order valence-corrected chi connectivity index (χ4v) is 2.17.